The van der Waals surface area contributed by atoms with Crippen molar-refractivity contribution in [2.45, 2.75) is 13.0 Å². The Morgan fingerprint density at radius 2 is 1.93 bits per heavy atom. The lowest BCUT2D eigenvalue weighted by molar-refractivity contribution is -0.127. The van der Waals surface area contributed by atoms with Gasteiger partial charge in [-0.05, 0) is 30.7 Å². The van der Waals surface area contributed by atoms with Crippen molar-refractivity contribution >= 4 is 23.6 Å². The molecule has 2 aromatic rings. The van der Waals surface area contributed by atoms with Gasteiger partial charge in [-0.2, -0.15) is 10.4 Å². The number of nitriles is 1. The van der Waals surface area contributed by atoms with Crippen molar-refractivity contribution < 1.29 is 9.53 Å². The van der Waals surface area contributed by atoms with Crippen LogP contribution in [-0.2, 0) is 11.8 Å². The van der Waals surface area contributed by atoms with Crippen LogP contribution in [0.4, 0.5) is 0 Å². The zero-order valence-corrected chi connectivity index (χ0v) is 17.6. The van der Waals surface area contributed by atoms with Gasteiger partial charge < -0.3 is 9.64 Å². The first kappa shape index (κ1) is 20.9. The number of amides is 1. The van der Waals surface area contributed by atoms with E-state index in [1.54, 1.807) is 29.8 Å². The third-order valence-electron chi connectivity index (χ3n) is 5.13. The van der Waals surface area contributed by atoms with Crippen molar-refractivity contribution in [2.24, 2.45) is 7.05 Å². The molecule has 0 spiro atoms. The topological polar surface area (TPSA) is 74.4 Å². The minimum atomic E-state index is -0.342. The number of nitrogens with zero attached hydrogens (tertiary/aromatic N) is 5. The van der Waals surface area contributed by atoms with Crippen LogP contribution in [0.15, 0.2) is 30.3 Å². The number of rotatable bonds is 5. The summed E-state index contributed by atoms with van der Waals surface area (Å²) in [5.41, 5.74) is 2.46. The van der Waals surface area contributed by atoms with E-state index in [0.717, 1.165) is 22.6 Å². The molecule has 3 rings (SSSR count). The number of piperazine rings is 1. The molecule has 29 heavy (non-hydrogen) atoms. The lowest BCUT2D eigenvalue weighted by Gasteiger charge is -2.36. The molecule has 152 valence electrons. The highest BCUT2D eigenvalue weighted by Crippen LogP contribution is 2.24. The largest absolute Gasteiger partial charge is 0.497 e. The minimum Gasteiger partial charge on any atom is -0.497 e. The zero-order valence-electron chi connectivity index (χ0n) is 16.8. The molecular formula is C21H24ClN5O2. The van der Waals surface area contributed by atoms with Gasteiger partial charge in [-0.25, -0.2) is 0 Å². The van der Waals surface area contributed by atoms with Crippen molar-refractivity contribution in [1.82, 2.24) is 19.6 Å². The van der Waals surface area contributed by atoms with Gasteiger partial charge in [0.05, 0.1) is 18.9 Å². The minimum absolute atomic E-state index is 0.0677. The van der Waals surface area contributed by atoms with Crippen molar-refractivity contribution in [1.29, 1.82) is 5.26 Å². The van der Waals surface area contributed by atoms with Gasteiger partial charge in [0.15, 0.2) is 0 Å². The summed E-state index contributed by atoms with van der Waals surface area (Å²) in [6.07, 6.45) is 3.26. The first-order chi connectivity index (χ1) is 13.9. The maximum atomic E-state index is 12.6. The van der Waals surface area contributed by atoms with E-state index in [-0.39, 0.29) is 11.9 Å². The molecule has 0 radical (unpaired) electrons. The van der Waals surface area contributed by atoms with Gasteiger partial charge in [0.2, 0.25) is 5.91 Å². The van der Waals surface area contributed by atoms with Crippen LogP contribution in [0.1, 0.15) is 22.9 Å². The van der Waals surface area contributed by atoms with Crippen LogP contribution in [0, 0.1) is 18.3 Å². The van der Waals surface area contributed by atoms with Gasteiger partial charge >= 0.3 is 0 Å². The van der Waals surface area contributed by atoms with E-state index < -0.39 is 0 Å². The Morgan fingerprint density at radius 1 is 1.28 bits per heavy atom. The Hall–Kier alpha value is -2.82. The fourth-order valence-corrected chi connectivity index (χ4v) is 3.69. The summed E-state index contributed by atoms with van der Waals surface area (Å²) in [6, 6.07) is 9.57. The molecule has 8 heteroatoms. The number of aromatic nitrogens is 2. The van der Waals surface area contributed by atoms with E-state index in [0.29, 0.717) is 31.3 Å². The first-order valence-electron chi connectivity index (χ1n) is 9.38. The molecule has 1 aromatic carbocycles. The van der Waals surface area contributed by atoms with Gasteiger partial charge in [-0.1, -0.05) is 23.7 Å². The van der Waals surface area contributed by atoms with Gasteiger partial charge in [0.25, 0.3) is 0 Å². The van der Waals surface area contributed by atoms with E-state index >= 15 is 0 Å². The molecule has 1 atom stereocenters. The molecule has 1 fully saturated rings. The molecule has 1 saturated heterocycles. The number of carbonyl (C=O) groups excluding carboxylic acids is 1. The predicted molar refractivity (Wildman–Crippen MR) is 111 cm³/mol. The van der Waals surface area contributed by atoms with E-state index in [1.165, 1.54) is 6.08 Å². The molecule has 1 aromatic heterocycles. The van der Waals surface area contributed by atoms with Gasteiger partial charge in [-0.3, -0.25) is 14.4 Å². The number of ether oxygens (including phenoxy) is 1. The second-order valence-electron chi connectivity index (χ2n) is 6.91. The van der Waals surface area contributed by atoms with Crippen LogP contribution < -0.4 is 4.74 Å². The van der Waals surface area contributed by atoms with Gasteiger partial charge in [0.1, 0.15) is 16.9 Å². The van der Waals surface area contributed by atoms with Gasteiger partial charge in [0, 0.05) is 44.9 Å². The highest BCUT2D eigenvalue weighted by atomic mass is 35.5. The van der Waals surface area contributed by atoms with E-state index in [4.69, 9.17) is 16.3 Å². The third-order valence-corrected chi connectivity index (χ3v) is 5.58. The van der Waals surface area contributed by atoms with Gasteiger partial charge in [-0.15, -0.1) is 0 Å². The third kappa shape index (κ3) is 4.61. The number of hydrogen-bond donors (Lipinski definition) is 0. The average molecular weight is 414 g/mol. The fourth-order valence-electron chi connectivity index (χ4n) is 3.45. The highest BCUT2D eigenvalue weighted by molar-refractivity contribution is 6.31. The highest BCUT2D eigenvalue weighted by Gasteiger charge is 2.26. The lowest BCUT2D eigenvalue weighted by Crippen LogP contribution is -2.49. The Kier molecular flexibility index (Phi) is 6.57. The molecule has 0 aliphatic carbocycles. The number of halogens is 1. The van der Waals surface area contributed by atoms with E-state index in [2.05, 4.69) is 16.1 Å². The smallest absolute Gasteiger partial charge is 0.246 e. The number of methoxy groups -OCH3 is 1. The molecule has 1 aliphatic heterocycles. The predicted octanol–water partition coefficient (Wildman–Crippen LogP) is 2.81. The quantitative estimate of drug-likeness (QED) is 0.704. The van der Waals surface area contributed by atoms with Crippen LogP contribution in [0.3, 0.4) is 0 Å². The molecule has 1 unspecified atom stereocenters. The Balaban J connectivity index is 1.61. The number of aryl methyl sites for hydroxylation is 2. The Labute approximate surface area is 175 Å². The Bertz CT molecular complexity index is 937. The normalized spacial score (nSPS) is 16.0. The van der Waals surface area contributed by atoms with Crippen molar-refractivity contribution in [3.8, 4) is 11.8 Å². The summed E-state index contributed by atoms with van der Waals surface area (Å²) >= 11 is 6.21. The summed E-state index contributed by atoms with van der Waals surface area (Å²) in [5, 5.41) is 14.4. The first-order valence-corrected chi connectivity index (χ1v) is 9.76. The maximum absolute atomic E-state index is 12.6. The summed E-state index contributed by atoms with van der Waals surface area (Å²) in [4.78, 5) is 16.4. The summed E-state index contributed by atoms with van der Waals surface area (Å²) in [5.74, 6) is 0.693. The van der Waals surface area contributed by atoms with E-state index in [9.17, 15) is 10.1 Å². The summed E-state index contributed by atoms with van der Waals surface area (Å²) < 4.78 is 6.76. The second-order valence-corrected chi connectivity index (χ2v) is 7.27. The van der Waals surface area contributed by atoms with Crippen molar-refractivity contribution in [3.05, 3.63) is 52.3 Å². The van der Waals surface area contributed by atoms with Crippen molar-refractivity contribution in [3.63, 3.8) is 0 Å². The molecule has 7 nitrogen and oxygen atoms in total. The molecule has 1 aliphatic rings. The zero-order chi connectivity index (χ0) is 21.0. The van der Waals surface area contributed by atoms with Crippen LogP contribution in [0.25, 0.3) is 6.08 Å². The second kappa shape index (κ2) is 9.12. The molecule has 1 amide bonds. The SMILES string of the molecule is COc1ccc(C(C#N)N2CCN(C(=O)C=Cc3c(C)nn(C)c3Cl)CC2)cc1. The van der Waals surface area contributed by atoms with Crippen LogP contribution >= 0.6 is 11.6 Å². The van der Waals surface area contributed by atoms with Crippen LogP contribution in [0.2, 0.25) is 5.15 Å². The maximum Gasteiger partial charge on any atom is 0.246 e. The van der Waals surface area contributed by atoms with Crippen LogP contribution in [-0.4, -0.2) is 58.8 Å². The average Bonchev–Trinajstić information content (AvgIpc) is 2.99. The number of carbonyl (C=O) groups is 1. The number of benzene rings is 1. The standard InChI is InChI=1S/C21H24ClN5O2/c1-15-18(21(22)25(2)24-15)8-9-20(28)27-12-10-26(11-13-27)19(14-23)16-4-6-17(29-3)7-5-16/h4-9,19H,10-13H2,1-3H3. The Morgan fingerprint density at radius 3 is 2.45 bits per heavy atom. The van der Waals surface area contributed by atoms with Crippen LogP contribution in [0.5, 0.6) is 5.75 Å². The molecule has 0 saturated carbocycles. The monoisotopic (exact) mass is 413 g/mol. The molecule has 2 heterocycles. The summed E-state index contributed by atoms with van der Waals surface area (Å²) in [7, 11) is 3.38. The lowest BCUT2D eigenvalue weighted by atomic mass is 10.1. The number of hydrogen-bond acceptors (Lipinski definition) is 5. The van der Waals surface area contributed by atoms with E-state index in [1.807, 2.05) is 31.2 Å². The molecular weight excluding hydrogens is 390 g/mol. The fraction of sp³-hybridized carbons (Fsp3) is 0.381. The summed E-state index contributed by atoms with van der Waals surface area (Å²) in [6.45, 7) is 4.26. The van der Waals surface area contributed by atoms with Crippen molar-refractivity contribution in [2.75, 3.05) is 33.3 Å². The molecule has 0 N–H and O–H groups in total. The molecule has 0 bridgehead atoms.